The third-order valence-corrected chi connectivity index (χ3v) is 6.69. The molecule has 2 aromatic carbocycles. The first kappa shape index (κ1) is 23.7. The zero-order chi connectivity index (χ0) is 25.1. The number of aryl methyl sites for hydroxylation is 1. The lowest BCUT2D eigenvalue weighted by molar-refractivity contribution is -0.132. The summed E-state index contributed by atoms with van der Waals surface area (Å²) in [6.45, 7) is 2.14. The number of aromatic hydroxyl groups is 2. The Bertz CT molecular complexity index is 1370. The summed E-state index contributed by atoms with van der Waals surface area (Å²) in [4.78, 5) is 19.4. The normalized spacial score (nSPS) is 15.8. The molecular weight excluding hydrogens is 453 g/mol. The van der Waals surface area contributed by atoms with Gasteiger partial charge in [0.2, 0.25) is 5.91 Å². The standard InChI is InChI=1S/C27H28BN5O3/c28-22-16-30-33-25(14-23(31-27(22)33)21-5-1-2-6-24(21)35)29-15-19-4-3-13-32(17-19)26(36)12-9-18-7-10-20(34)11-8-18/h1-2,5-8,10-11,14,16,19,29,34-35H,3-4,9,12-13,15,17H2. The zero-order valence-corrected chi connectivity index (χ0v) is 20.0. The highest BCUT2D eigenvalue weighted by Crippen LogP contribution is 2.29. The largest absolute Gasteiger partial charge is 0.508 e. The van der Waals surface area contributed by atoms with Gasteiger partial charge >= 0.3 is 0 Å². The number of phenolic OH excluding ortho intramolecular Hbond substituents is 2. The Morgan fingerprint density at radius 3 is 2.75 bits per heavy atom. The maximum Gasteiger partial charge on any atom is 0.222 e. The van der Waals surface area contributed by atoms with Gasteiger partial charge in [0.15, 0.2) is 5.65 Å². The van der Waals surface area contributed by atoms with E-state index in [1.165, 1.54) is 0 Å². The van der Waals surface area contributed by atoms with Crippen LogP contribution in [0.1, 0.15) is 24.8 Å². The van der Waals surface area contributed by atoms with Crippen LogP contribution in [0.2, 0.25) is 0 Å². The van der Waals surface area contributed by atoms with E-state index in [0.29, 0.717) is 54.2 Å². The molecule has 1 fully saturated rings. The van der Waals surface area contributed by atoms with Gasteiger partial charge in [0.1, 0.15) is 25.2 Å². The molecule has 0 aliphatic carbocycles. The molecule has 1 amide bonds. The van der Waals surface area contributed by atoms with E-state index in [4.69, 9.17) is 7.85 Å². The molecule has 36 heavy (non-hydrogen) atoms. The second-order valence-electron chi connectivity index (χ2n) is 9.27. The van der Waals surface area contributed by atoms with Crippen molar-refractivity contribution in [3.63, 3.8) is 0 Å². The lowest BCUT2D eigenvalue weighted by Gasteiger charge is -2.33. The Morgan fingerprint density at radius 1 is 1.14 bits per heavy atom. The number of carbonyl (C=O) groups excluding carboxylic acids is 1. The van der Waals surface area contributed by atoms with Crippen molar-refractivity contribution in [2.75, 3.05) is 25.0 Å². The number of para-hydroxylation sites is 1. The van der Waals surface area contributed by atoms with Crippen molar-refractivity contribution < 1.29 is 15.0 Å². The molecule has 3 heterocycles. The molecule has 8 nitrogen and oxygen atoms in total. The smallest absolute Gasteiger partial charge is 0.222 e. The molecule has 9 heteroatoms. The summed E-state index contributed by atoms with van der Waals surface area (Å²) < 4.78 is 1.67. The van der Waals surface area contributed by atoms with Gasteiger partial charge in [-0.05, 0) is 60.5 Å². The first-order valence-corrected chi connectivity index (χ1v) is 12.2. The number of rotatable bonds is 7. The quantitative estimate of drug-likeness (QED) is 0.351. The Morgan fingerprint density at radius 2 is 1.94 bits per heavy atom. The highest BCUT2D eigenvalue weighted by molar-refractivity contribution is 6.36. The Labute approximate surface area is 211 Å². The van der Waals surface area contributed by atoms with Crippen LogP contribution in [0.4, 0.5) is 5.82 Å². The topological polar surface area (TPSA) is 103 Å². The van der Waals surface area contributed by atoms with Gasteiger partial charge < -0.3 is 20.4 Å². The van der Waals surface area contributed by atoms with Crippen LogP contribution in [0.5, 0.6) is 11.5 Å². The molecule has 4 aromatic rings. The predicted molar refractivity (Wildman–Crippen MR) is 140 cm³/mol. The number of nitrogens with one attached hydrogen (secondary N) is 1. The van der Waals surface area contributed by atoms with Crippen molar-refractivity contribution >= 4 is 30.7 Å². The van der Waals surface area contributed by atoms with Gasteiger partial charge in [-0.15, -0.1) is 0 Å². The van der Waals surface area contributed by atoms with E-state index < -0.39 is 0 Å². The second-order valence-corrected chi connectivity index (χ2v) is 9.27. The van der Waals surface area contributed by atoms with Crippen LogP contribution in [0.25, 0.3) is 16.9 Å². The van der Waals surface area contributed by atoms with E-state index >= 15 is 0 Å². The summed E-state index contributed by atoms with van der Waals surface area (Å²) >= 11 is 0. The van der Waals surface area contributed by atoms with Crippen LogP contribution in [0, 0.1) is 5.92 Å². The van der Waals surface area contributed by atoms with Crippen LogP contribution >= 0.6 is 0 Å². The van der Waals surface area contributed by atoms with Gasteiger partial charge in [-0.25, -0.2) is 4.98 Å². The second kappa shape index (κ2) is 10.3. The minimum absolute atomic E-state index is 0.145. The fourth-order valence-corrected chi connectivity index (χ4v) is 4.71. The summed E-state index contributed by atoms with van der Waals surface area (Å²) in [5.74, 6) is 1.55. The zero-order valence-electron chi connectivity index (χ0n) is 20.0. The number of anilines is 1. The van der Waals surface area contributed by atoms with Gasteiger partial charge in [-0.2, -0.15) is 9.61 Å². The molecule has 1 aliphatic rings. The van der Waals surface area contributed by atoms with Crippen LogP contribution < -0.4 is 10.8 Å². The molecule has 1 unspecified atom stereocenters. The van der Waals surface area contributed by atoms with Gasteiger partial charge in [0.25, 0.3) is 0 Å². The van der Waals surface area contributed by atoms with Crippen molar-refractivity contribution in [3.8, 4) is 22.8 Å². The van der Waals surface area contributed by atoms with Crippen molar-refractivity contribution in [1.29, 1.82) is 0 Å². The number of hydrogen-bond acceptors (Lipinski definition) is 6. The molecule has 5 rings (SSSR count). The molecule has 1 saturated heterocycles. The predicted octanol–water partition coefficient (Wildman–Crippen LogP) is 2.88. The van der Waals surface area contributed by atoms with Crippen LogP contribution in [0.3, 0.4) is 0 Å². The Hall–Kier alpha value is -4.01. The van der Waals surface area contributed by atoms with Crippen molar-refractivity contribution in [1.82, 2.24) is 19.5 Å². The summed E-state index contributed by atoms with van der Waals surface area (Å²) in [7, 11) is 6.11. The summed E-state index contributed by atoms with van der Waals surface area (Å²) in [5.41, 5.74) is 3.24. The van der Waals surface area contributed by atoms with Crippen molar-refractivity contribution in [2.45, 2.75) is 25.7 Å². The summed E-state index contributed by atoms with van der Waals surface area (Å²) in [5, 5.41) is 27.6. The number of nitrogens with zero attached hydrogens (tertiary/aromatic N) is 4. The van der Waals surface area contributed by atoms with E-state index in [-0.39, 0.29) is 17.4 Å². The van der Waals surface area contributed by atoms with Gasteiger partial charge in [-0.1, -0.05) is 24.3 Å². The van der Waals surface area contributed by atoms with Crippen LogP contribution in [0.15, 0.2) is 60.8 Å². The number of fused-ring (bicyclic) bond motifs is 1. The summed E-state index contributed by atoms with van der Waals surface area (Å²) in [6, 6.07) is 15.9. The van der Waals surface area contributed by atoms with Crippen molar-refractivity contribution in [2.24, 2.45) is 5.92 Å². The number of phenols is 2. The molecule has 0 spiro atoms. The molecular formula is C27H28BN5O3. The lowest BCUT2D eigenvalue weighted by atomic mass is 9.97. The summed E-state index contributed by atoms with van der Waals surface area (Å²) in [6.07, 6.45) is 4.66. The SMILES string of the molecule is [B]c1cnn2c(NCC3CCCN(C(=O)CCc4ccc(O)cc4)C3)cc(-c3ccccc3O)nc12. The molecule has 3 N–H and O–H groups in total. The number of amides is 1. The first-order valence-electron chi connectivity index (χ1n) is 12.2. The highest BCUT2D eigenvalue weighted by Gasteiger charge is 2.24. The molecule has 2 radical (unpaired) electrons. The number of hydrogen-bond donors (Lipinski definition) is 3. The van der Waals surface area contributed by atoms with Gasteiger partial charge in [0, 0.05) is 43.9 Å². The third-order valence-electron chi connectivity index (χ3n) is 6.69. The van der Waals surface area contributed by atoms with Crippen LogP contribution in [-0.4, -0.2) is 63.1 Å². The first-order chi connectivity index (χ1) is 17.5. The van der Waals surface area contributed by atoms with Crippen LogP contribution in [-0.2, 0) is 11.2 Å². The minimum Gasteiger partial charge on any atom is -0.508 e. The van der Waals surface area contributed by atoms with Gasteiger partial charge in [0.05, 0.1) is 5.69 Å². The minimum atomic E-state index is 0.145. The molecule has 1 atom stereocenters. The van der Waals surface area contributed by atoms with E-state index in [1.54, 1.807) is 35.0 Å². The lowest BCUT2D eigenvalue weighted by Crippen LogP contribution is -2.42. The van der Waals surface area contributed by atoms with E-state index in [1.807, 2.05) is 35.2 Å². The fourth-order valence-electron chi connectivity index (χ4n) is 4.71. The molecule has 0 bridgehead atoms. The van der Waals surface area contributed by atoms with E-state index in [0.717, 1.165) is 30.8 Å². The number of piperidine rings is 1. The van der Waals surface area contributed by atoms with E-state index in [9.17, 15) is 15.0 Å². The van der Waals surface area contributed by atoms with Crippen molar-refractivity contribution in [3.05, 3.63) is 66.4 Å². The molecule has 0 saturated carbocycles. The monoisotopic (exact) mass is 481 g/mol. The number of carbonyl (C=O) groups is 1. The maximum absolute atomic E-state index is 12.9. The molecule has 1 aliphatic heterocycles. The Kier molecular flexibility index (Phi) is 6.80. The third kappa shape index (κ3) is 5.15. The number of benzene rings is 2. The maximum atomic E-state index is 12.9. The highest BCUT2D eigenvalue weighted by atomic mass is 16.3. The fraction of sp³-hybridized carbons (Fsp3) is 0.296. The van der Waals surface area contributed by atoms with Gasteiger partial charge in [-0.3, -0.25) is 4.79 Å². The average Bonchev–Trinajstić information content (AvgIpc) is 3.28. The van der Waals surface area contributed by atoms with E-state index in [2.05, 4.69) is 15.4 Å². The average molecular weight is 481 g/mol. The number of aromatic nitrogens is 3. The molecule has 182 valence electrons. The molecule has 2 aromatic heterocycles. The number of likely N-dealkylation sites (tertiary alicyclic amines) is 1. The Balaban J connectivity index is 1.26.